The average Bonchev–Trinajstić information content (AvgIpc) is 3.34. The zero-order chi connectivity index (χ0) is 20.5. The van der Waals surface area contributed by atoms with Crippen LogP contribution in [0.2, 0.25) is 0 Å². The molecule has 1 aliphatic heterocycles. The minimum Gasteiger partial charge on any atom is -0.454 e. The third-order valence-corrected chi connectivity index (χ3v) is 4.71. The number of carbonyl (C=O) groups is 4. The maximum absolute atomic E-state index is 12.9. The Morgan fingerprint density at radius 3 is 2.45 bits per heavy atom. The van der Waals surface area contributed by atoms with Crippen LogP contribution in [0.1, 0.15) is 47.1 Å². The molecular formula is C22H16N2O5. The number of esters is 1. The van der Waals surface area contributed by atoms with Crippen LogP contribution in [0.4, 0.5) is 5.69 Å². The van der Waals surface area contributed by atoms with E-state index >= 15 is 0 Å². The summed E-state index contributed by atoms with van der Waals surface area (Å²) in [5.41, 5.74) is 2.06. The van der Waals surface area contributed by atoms with E-state index in [-0.39, 0.29) is 22.5 Å². The second kappa shape index (κ2) is 7.20. The number of H-pyrrole nitrogens is 1. The monoisotopic (exact) mass is 388 g/mol. The zero-order valence-corrected chi connectivity index (χ0v) is 15.5. The molecule has 0 fully saturated rings. The Bertz CT molecular complexity index is 1150. The smallest absolute Gasteiger partial charge is 0.338 e. The minimum atomic E-state index is -0.748. The number of para-hydroxylation sites is 1. The number of amides is 2. The van der Waals surface area contributed by atoms with Gasteiger partial charge in [-0.2, -0.15) is 0 Å². The molecule has 0 radical (unpaired) electrons. The number of nitrogens with one attached hydrogen (secondary N) is 1. The SMILES string of the molecule is Cc1ccccc1N1C(=O)c2ccc(C(=O)OCC(=O)c3ccc[nH]3)cc2C1=O. The van der Waals surface area contributed by atoms with Gasteiger partial charge in [-0.05, 0) is 48.9 Å². The summed E-state index contributed by atoms with van der Waals surface area (Å²) in [5.74, 6) is -2.07. The molecule has 2 amide bonds. The summed E-state index contributed by atoms with van der Waals surface area (Å²) in [4.78, 5) is 53.7. The van der Waals surface area contributed by atoms with E-state index in [1.807, 2.05) is 19.1 Å². The van der Waals surface area contributed by atoms with E-state index in [2.05, 4.69) is 4.98 Å². The second-order valence-corrected chi connectivity index (χ2v) is 6.58. The lowest BCUT2D eigenvalue weighted by Gasteiger charge is -2.16. The lowest BCUT2D eigenvalue weighted by atomic mass is 10.1. The van der Waals surface area contributed by atoms with Gasteiger partial charge in [0.05, 0.1) is 28.1 Å². The summed E-state index contributed by atoms with van der Waals surface area (Å²) in [5, 5.41) is 0. The van der Waals surface area contributed by atoms with E-state index in [0.717, 1.165) is 10.5 Å². The molecule has 7 nitrogen and oxygen atoms in total. The predicted octanol–water partition coefficient (Wildman–Crippen LogP) is 3.16. The van der Waals surface area contributed by atoms with Crippen LogP contribution >= 0.6 is 0 Å². The normalized spacial score (nSPS) is 12.8. The average molecular weight is 388 g/mol. The molecule has 0 unspecified atom stereocenters. The molecule has 1 N–H and O–H groups in total. The Hall–Kier alpha value is -4.00. The first-order chi connectivity index (χ1) is 14.0. The van der Waals surface area contributed by atoms with Gasteiger partial charge in [0.15, 0.2) is 6.61 Å². The number of benzene rings is 2. The number of aromatic nitrogens is 1. The molecule has 1 aromatic heterocycles. The number of aromatic amines is 1. The number of carbonyl (C=O) groups excluding carboxylic acids is 4. The van der Waals surface area contributed by atoms with Crippen molar-refractivity contribution >= 4 is 29.3 Å². The Kier molecular flexibility index (Phi) is 4.56. The number of nitrogens with zero attached hydrogens (tertiary/aromatic N) is 1. The molecule has 3 aromatic rings. The highest BCUT2D eigenvalue weighted by Crippen LogP contribution is 2.31. The lowest BCUT2D eigenvalue weighted by Crippen LogP contribution is -2.29. The molecule has 7 heteroatoms. The number of ketones is 1. The Morgan fingerprint density at radius 2 is 1.72 bits per heavy atom. The van der Waals surface area contributed by atoms with Gasteiger partial charge in [0.25, 0.3) is 11.8 Å². The van der Waals surface area contributed by atoms with Gasteiger partial charge in [-0.15, -0.1) is 0 Å². The van der Waals surface area contributed by atoms with Crippen LogP contribution in [0.5, 0.6) is 0 Å². The molecule has 0 saturated heterocycles. The predicted molar refractivity (Wildman–Crippen MR) is 104 cm³/mol. The highest BCUT2D eigenvalue weighted by atomic mass is 16.5. The van der Waals surface area contributed by atoms with Gasteiger partial charge in [0.2, 0.25) is 5.78 Å². The maximum atomic E-state index is 12.9. The van der Waals surface area contributed by atoms with Crippen LogP contribution in [0, 0.1) is 6.92 Å². The number of imide groups is 1. The van der Waals surface area contributed by atoms with Gasteiger partial charge in [-0.1, -0.05) is 18.2 Å². The number of ether oxygens (including phenoxy) is 1. The van der Waals surface area contributed by atoms with Crippen LogP contribution in [0.3, 0.4) is 0 Å². The van der Waals surface area contributed by atoms with Crippen LogP contribution in [-0.2, 0) is 4.74 Å². The van der Waals surface area contributed by atoms with Gasteiger partial charge in [-0.3, -0.25) is 14.4 Å². The minimum absolute atomic E-state index is 0.0934. The summed E-state index contributed by atoms with van der Waals surface area (Å²) in [6, 6.07) is 14.5. The van der Waals surface area contributed by atoms with E-state index < -0.39 is 24.4 Å². The summed E-state index contributed by atoms with van der Waals surface area (Å²) < 4.78 is 5.05. The summed E-state index contributed by atoms with van der Waals surface area (Å²) >= 11 is 0. The third-order valence-electron chi connectivity index (χ3n) is 4.71. The molecule has 0 spiro atoms. The number of Topliss-reactive ketones (excluding diaryl/α,β-unsaturated/α-hetero) is 1. The van der Waals surface area contributed by atoms with Crippen molar-refractivity contribution in [2.24, 2.45) is 0 Å². The second-order valence-electron chi connectivity index (χ2n) is 6.58. The molecule has 4 rings (SSSR count). The topological polar surface area (TPSA) is 96.5 Å². The summed E-state index contributed by atoms with van der Waals surface area (Å²) in [6.45, 7) is 1.38. The van der Waals surface area contributed by atoms with E-state index in [1.165, 1.54) is 18.2 Å². The Labute approximate surface area is 165 Å². The quantitative estimate of drug-likeness (QED) is 0.411. The molecule has 0 bridgehead atoms. The van der Waals surface area contributed by atoms with E-state index in [4.69, 9.17) is 4.74 Å². The zero-order valence-electron chi connectivity index (χ0n) is 15.5. The molecule has 2 heterocycles. The number of hydrogen-bond donors (Lipinski definition) is 1. The molecule has 2 aromatic carbocycles. The standard InChI is InChI=1S/C22H16N2O5/c1-13-5-2-3-7-18(13)24-20(26)15-9-8-14(11-16(15)21(24)27)22(28)29-12-19(25)17-6-4-10-23-17/h2-11,23H,12H2,1H3. The van der Waals surface area contributed by atoms with Crippen LogP contribution in [-0.4, -0.2) is 35.2 Å². The maximum Gasteiger partial charge on any atom is 0.338 e. The lowest BCUT2D eigenvalue weighted by molar-refractivity contribution is 0.0473. The number of aryl methyl sites for hydroxylation is 1. The van der Waals surface area contributed by atoms with Gasteiger partial charge < -0.3 is 9.72 Å². The first-order valence-electron chi connectivity index (χ1n) is 8.89. The number of hydrogen-bond acceptors (Lipinski definition) is 5. The molecule has 144 valence electrons. The van der Waals surface area contributed by atoms with Crippen molar-refractivity contribution in [3.05, 3.63) is 88.7 Å². The molecular weight excluding hydrogens is 372 g/mol. The number of rotatable bonds is 5. The fourth-order valence-electron chi connectivity index (χ4n) is 3.20. The van der Waals surface area contributed by atoms with E-state index in [0.29, 0.717) is 11.4 Å². The van der Waals surface area contributed by atoms with Gasteiger partial charge in [0.1, 0.15) is 0 Å². The fraction of sp³-hybridized carbons (Fsp3) is 0.0909. The van der Waals surface area contributed by atoms with Crippen molar-refractivity contribution in [2.45, 2.75) is 6.92 Å². The number of fused-ring (bicyclic) bond motifs is 1. The fourth-order valence-corrected chi connectivity index (χ4v) is 3.20. The van der Waals surface area contributed by atoms with Crippen LogP contribution < -0.4 is 4.90 Å². The van der Waals surface area contributed by atoms with Gasteiger partial charge in [-0.25, -0.2) is 9.69 Å². The Morgan fingerprint density at radius 1 is 0.966 bits per heavy atom. The largest absolute Gasteiger partial charge is 0.454 e. The van der Waals surface area contributed by atoms with Crippen LogP contribution in [0.25, 0.3) is 0 Å². The molecule has 0 aliphatic carbocycles. The van der Waals surface area contributed by atoms with Crippen molar-refractivity contribution < 1.29 is 23.9 Å². The van der Waals surface area contributed by atoms with E-state index in [9.17, 15) is 19.2 Å². The molecule has 0 atom stereocenters. The van der Waals surface area contributed by atoms with E-state index in [1.54, 1.807) is 30.5 Å². The van der Waals surface area contributed by atoms with Crippen molar-refractivity contribution in [3.8, 4) is 0 Å². The van der Waals surface area contributed by atoms with Gasteiger partial charge >= 0.3 is 5.97 Å². The third kappa shape index (κ3) is 3.23. The van der Waals surface area contributed by atoms with Crippen molar-refractivity contribution in [1.29, 1.82) is 0 Å². The highest BCUT2D eigenvalue weighted by molar-refractivity contribution is 6.34. The summed E-state index contributed by atoms with van der Waals surface area (Å²) in [7, 11) is 0. The van der Waals surface area contributed by atoms with Gasteiger partial charge in [0, 0.05) is 6.20 Å². The van der Waals surface area contributed by atoms with Crippen molar-refractivity contribution in [1.82, 2.24) is 4.98 Å². The number of anilines is 1. The first kappa shape index (κ1) is 18.4. The summed E-state index contributed by atoms with van der Waals surface area (Å²) in [6.07, 6.45) is 1.60. The first-order valence-corrected chi connectivity index (χ1v) is 8.89. The highest BCUT2D eigenvalue weighted by Gasteiger charge is 2.37. The van der Waals surface area contributed by atoms with Crippen LogP contribution in [0.15, 0.2) is 60.8 Å². The molecule has 0 saturated carbocycles. The molecule has 29 heavy (non-hydrogen) atoms. The molecule has 1 aliphatic rings. The van der Waals surface area contributed by atoms with Crippen molar-refractivity contribution in [2.75, 3.05) is 11.5 Å². The Balaban J connectivity index is 1.55. The van der Waals surface area contributed by atoms with Crippen molar-refractivity contribution in [3.63, 3.8) is 0 Å².